The highest BCUT2D eigenvalue weighted by Gasteiger charge is 2.42. The van der Waals surface area contributed by atoms with E-state index in [0.717, 1.165) is 49.5 Å². The van der Waals surface area contributed by atoms with Crippen molar-refractivity contribution >= 4 is 11.7 Å². The molecule has 10 heteroatoms. The number of rotatable bonds is 31. The number of halogens is 1. The Kier molecular flexibility index (Phi) is 24.2. The lowest BCUT2D eigenvalue weighted by Gasteiger charge is -2.21. The SMILES string of the molecule is CCCCCCCCCCCCCCCC(=O)C(O)[C@H]1O[C@@H](n2cc(F)c(=O)n(C(=O)CCCCCCCCCCCCCCC)c2=O)C[C@@H]1O. The van der Waals surface area contributed by atoms with Gasteiger partial charge >= 0.3 is 5.69 Å². The molecule has 1 aliphatic rings. The maximum Gasteiger partial charge on any atom is 0.340 e. The van der Waals surface area contributed by atoms with Gasteiger partial charge in [0.25, 0.3) is 5.56 Å². The van der Waals surface area contributed by atoms with E-state index in [0.29, 0.717) is 23.6 Å². The molecule has 1 aliphatic heterocycles. The van der Waals surface area contributed by atoms with Gasteiger partial charge < -0.3 is 14.9 Å². The molecule has 0 saturated carbocycles. The maximum absolute atomic E-state index is 14.7. The van der Waals surface area contributed by atoms with Gasteiger partial charge in [0.2, 0.25) is 11.7 Å². The van der Waals surface area contributed by atoms with Crippen molar-refractivity contribution in [2.24, 2.45) is 0 Å². The molecule has 0 radical (unpaired) electrons. The number of Topliss-reactive ketones (excluding diaryl/α,β-unsaturated/α-hetero) is 1. The van der Waals surface area contributed by atoms with Crippen LogP contribution in [0.15, 0.2) is 15.8 Å². The van der Waals surface area contributed by atoms with Crippen molar-refractivity contribution in [2.45, 2.75) is 225 Å². The predicted octanol–water partition coefficient (Wildman–Crippen LogP) is 9.33. The summed E-state index contributed by atoms with van der Waals surface area (Å²) in [6, 6.07) is 0. The summed E-state index contributed by atoms with van der Waals surface area (Å²) < 4.78 is 21.5. The highest BCUT2D eigenvalue weighted by atomic mass is 19.1. The van der Waals surface area contributed by atoms with Crippen molar-refractivity contribution in [2.75, 3.05) is 0 Å². The smallest absolute Gasteiger partial charge is 0.340 e. The zero-order chi connectivity index (χ0) is 37.3. The lowest BCUT2D eigenvalue weighted by atomic mass is 9.99. The molecule has 1 aromatic rings. The number of ketones is 1. The second-order valence-electron chi connectivity index (χ2n) is 15.0. The molecule has 2 heterocycles. The third-order valence-electron chi connectivity index (χ3n) is 10.4. The molecule has 0 aromatic carbocycles. The van der Waals surface area contributed by atoms with Crippen molar-refractivity contribution in [3.05, 3.63) is 32.9 Å². The third kappa shape index (κ3) is 17.5. The monoisotopic (exact) mass is 723 g/mol. The fourth-order valence-corrected chi connectivity index (χ4v) is 7.15. The average Bonchev–Trinajstić information content (AvgIpc) is 3.50. The molecule has 2 rings (SSSR count). The summed E-state index contributed by atoms with van der Waals surface area (Å²) in [5, 5.41) is 21.3. The average molecular weight is 723 g/mol. The largest absolute Gasteiger partial charge is 0.390 e. The van der Waals surface area contributed by atoms with Crippen molar-refractivity contribution in [3.63, 3.8) is 0 Å². The number of ether oxygens (including phenoxy) is 1. The van der Waals surface area contributed by atoms with E-state index >= 15 is 0 Å². The van der Waals surface area contributed by atoms with Crippen LogP contribution in [0.25, 0.3) is 0 Å². The molecule has 0 spiro atoms. The van der Waals surface area contributed by atoms with Crippen LogP contribution in [0.5, 0.6) is 0 Å². The van der Waals surface area contributed by atoms with Crippen LogP contribution in [0.3, 0.4) is 0 Å². The van der Waals surface area contributed by atoms with E-state index in [2.05, 4.69) is 13.8 Å². The van der Waals surface area contributed by atoms with E-state index in [9.17, 15) is 33.8 Å². The minimum Gasteiger partial charge on any atom is -0.390 e. The molecule has 0 amide bonds. The van der Waals surface area contributed by atoms with Crippen LogP contribution in [0.1, 0.15) is 211 Å². The summed E-state index contributed by atoms with van der Waals surface area (Å²) in [6.45, 7) is 4.45. The second-order valence-corrected chi connectivity index (χ2v) is 15.0. The molecule has 0 aliphatic carbocycles. The molecule has 1 fully saturated rings. The summed E-state index contributed by atoms with van der Waals surface area (Å²) in [7, 11) is 0. The van der Waals surface area contributed by atoms with Crippen molar-refractivity contribution < 1.29 is 28.9 Å². The molecule has 9 nitrogen and oxygen atoms in total. The van der Waals surface area contributed by atoms with E-state index < -0.39 is 53.3 Å². The van der Waals surface area contributed by atoms with Gasteiger partial charge in [-0.1, -0.05) is 168 Å². The Labute approximate surface area is 306 Å². The number of hydrogen-bond donors (Lipinski definition) is 2. The van der Waals surface area contributed by atoms with E-state index in [1.807, 2.05) is 0 Å². The van der Waals surface area contributed by atoms with Gasteiger partial charge in [-0.2, -0.15) is 8.96 Å². The number of carbonyl (C=O) groups is 2. The van der Waals surface area contributed by atoms with Crippen molar-refractivity contribution in [3.8, 4) is 0 Å². The van der Waals surface area contributed by atoms with Gasteiger partial charge in [0.05, 0.1) is 12.3 Å². The number of hydrogen-bond acceptors (Lipinski definition) is 7. The minimum atomic E-state index is -1.61. The predicted molar refractivity (Wildman–Crippen MR) is 202 cm³/mol. The number of carbonyl (C=O) groups excluding carboxylic acids is 2. The van der Waals surface area contributed by atoms with Crippen molar-refractivity contribution in [1.82, 2.24) is 9.13 Å². The second kappa shape index (κ2) is 27.4. The molecule has 0 bridgehead atoms. The number of aromatic nitrogens is 2. The molecule has 1 aromatic heterocycles. The Morgan fingerprint density at radius 1 is 0.706 bits per heavy atom. The topological polar surface area (TPSA) is 128 Å². The van der Waals surface area contributed by atoms with E-state index in [4.69, 9.17) is 4.74 Å². The van der Waals surface area contributed by atoms with Crippen molar-refractivity contribution in [1.29, 1.82) is 0 Å². The first kappa shape index (κ1) is 45.0. The van der Waals surface area contributed by atoms with Crippen LogP contribution in [-0.2, 0) is 9.53 Å². The molecular weight excluding hydrogens is 651 g/mol. The molecular formula is C41H71FN2O7. The Hall–Kier alpha value is -2.17. The Bertz CT molecular complexity index is 1220. The first-order valence-electron chi connectivity index (χ1n) is 20.8. The zero-order valence-electron chi connectivity index (χ0n) is 32.1. The van der Waals surface area contributed by atoms with E-state index in [-0.39, 0.29) is 19.3 Å². The molecule has 51 heavy (non-hydrogen) atoms. The summed E-state index contributed by atoms with van der Waals surface area (Å²) >= 11 is 0. The summed E-state index contributed by atoms with van der Waals surface area (Å²) in [4.78, 5) is 51.4. The highest BCUT2D eigenvalue weighted by molar-refractivity contribution is 5.83. The quantitative estimate of drug-likeness (QED) is 0.0731. The maximum atomic E-state index is 14.7. The van der Waals surface area contributed by atoms with Gasteiger partial charge in [0.1, 0.15) is 18.4 Å². The van der Waals surface area contributed by atoms with Crippen LogP contribution >= 0.6 is 0 Å². The Morgan fingerprint density at radius 2 is 1.10 bits per heavy atom. The van der Waals surface area contributed by atoms with Gasteiger partial charge in [0, 0.05) is 19.3 Å². The Morgan fingerprint density at radius 3 is 1.53 bits per heavy atom. The van der Waals surface area contributed by atoms with Crippen LogP contribution in [0.2, 0.25) is 0 Å². The van der Waals surface area contributed by atoms with Gasteiger partial charge in [-0.25, -0.2) is 4.79 Å². The molecule has 1 unspecified atom stereocenters. The van der Waals surface area contributed by atoms with Gasteiger partial charge in [-0.05, 0) is 12.8 Å². The summed E-state index contributed by atoms with van der Waals surface area (Å²) in [5.41, 5.74) is -2.38. The number of aliphatic hydroxyl groups is 2. The van der Waals surface area contributed by atoms with Gasteiger partial charge in [-0.3, -0.25) is 19.0 Å². The Balaban J connectivity index is 1.72. The number of aliphatic hydroxyl groups excluding tert-OH is 2. The summed E-state index contributed by atoms with van der Waals surface area (Å²) in [6.07, 6.45) is 25.0. The van der Waals surface area contributed by atoms with E-state index in [1.54, 1.807) is 0 Å². The van der Waals surface area contributed by atoms with Gasteiger partial charge in [-0.15, -0.1) is 0 Å². The van der Waals surface area contributed by atoms with Crippen LogP contribution in [0, 0.1) is 5.82 Å². The molecule has 1 saturated heterocycles. The fourth-order valence-electron chi connectivity index (χ4n) is 7.15. The normalized spacial score (nSPS) is 18.0. The lowest BCUT2D eigenvalue weighted by Crippen LogP contribution is -2.46. The number of unbranched alkanes of at least 4 members (excludes halogenated alkanes) is 24. The fraction of sp³-hybridized carbons (Fsp3) is 0.854. The first-order valence-corrected chi connectivity index (χ1v) is 20.8. The minimum absolute atomic E-state index is 0.0699. The van der Waals surface area contributed by atoms with E-state index in [1.165, 1.54) is 109 Å². The first-order chi connectivity index (χ1) is 24.7. The lowest BCUT2D eigenvalue weighted by molar-refractivity contribution is -0.141. The van der Waals surface area contributed by atoms with Crippen LogP contribution in [0.4, 0.5) is 4.39 Å². The zero-order valence-corrected chi connectivity index (χ0v) is 32.1. The number of nitrogens with zero attached hydrogens (tertiary/aromatic N) is 2. The summed E-state index contributed by atoms with van der Waals surface area (Å²) in [5.74, 6) is -2.54. The molecule has 4 atom stereocenters. The third-order valence-corrected chi connectivity index (χ3v) is 10.4. The highest BCUT2D eigenvalue weighted by Crippen LogP contribution is 2.30. The molecule has 294 valence electrons. The van der Waals surface area contributed by atoms with Gasteiger partial charge in [0.15, 0.2) is 5.78 Å². The van der Waals surface area contributed by atoms with Crippen LogP contribution in [-0.4, -0.2) is 49.3 Å². The standard InChI is InChI=1S/C41H71FN2O7/c1-3-5-7-9-11-13-15-17-19-21-23-25-27-29-34(45)38(48)39-35(46)31-37(51-39)43-32-33(42)40(49)44(41(43)50)36(47)30-28-26-24-22-20-18-16-14-12-10-8-6-4-2/h32,35,37-39,46,48H,3-31H2,1-2H3/t35-,37+,38?,39-/m0/s1. The van der Waals surface area contributed by atoms with Crippen LogP contribution < -0.4 is 11.2 Å². The molecule has 2 N–H and O–H groups in total.